The van der Waals surface area contributed by atoms with E-state index in [1.165, 1.54) is 5.56 Å². The van der Waals surface area contributed by atoms with Gasteiger partial charge in [-0.1, -0.05) is 18.5 Å². The maximum Gasteiger partial charge on any atom is 0.123 e. The molecule has 0 N–H and O–H groups in total. The highest BCUT2D eigenvalue weighted by molar-refractivity contribution is 9.10. The molecule has 0 aliphatic rings. The number of ether oxygens (including phenoxy) is 1. The standard InChI is InChI=1S/C10H12BrClO/c1-4-7-6(2)10(12)8(11)5-9(7)13-3/h5H,4H2,1-3H3. The quantitative estimate of drug-likeness (QED) is 0.784. The summed E-state index contributed by atoms with van der Waals surface area (Å²) in [6, 6.07) is 1.91. The SMILES string of the molecule is CCc1c(OC)cc(Br)c(Cl)c1C. The van der Waals surface area contributed by atoms with Gasteiger partial charge in [-0.25, -0.2) is 0 Å². The van der Waals surface area contributed by atoms with Crippen molar-refractivity contribution in [2.24, 2.45) is 0 Å². The molecule has 1 nitrogen and oxygen atoms in total. The Morgan fingerprint density at radius 1 is 1.54 bits per heavy atom. The molecule has 0 radical (unpaired) electrons. The molecule has 0 aliphatic carbocycles. The van der Waals surface area contributed by atoms with Crippen LogP contribution >= 0.6 is 27.5 Å². The third-order valence-electron chi connectivity index (χ3n) is 2.12. The Labute approximate surface area is 92.2 Å². The molecular weight excluding hydrogens is 251 g/mol. The van der Waals surface area contributed by atoms with Gasteiger partial charge in [-0.3, -0.25) is 0 Å². The van der Waals surface area contributed by atoms with Gasteiger partial charge >= 0.3 is 0 Å². The molecule has 1 rings (SSSR count). The Bertz CT molecular complexity index is 323. The zero-order valence-electron chi connectivity index (χ0n) is 7.95. The molecule has 0 saturated heterocycles. The fourth-order valence-corrected chi connectivity index (χ4v) is 2.06. The highest BCUT2D eigenvalue weighted by atomic mass is 79.9. The van der Waals surface area contributed by atoms with Crippen molar-refractivity contribution in [2.75, 3.05) is 7.11 Å². The molecule has 13 heavy (non-hydrogen) atoms. The fourth-order valence-electron chi connectivity index (χ4n) is 1.38. The Kier molecular flexibility index (Phi) is 3.63. The molecule has 0 atom stereocenters. The molecule has 0 fully saturated rings. The summed E-state index contributed by atoms with van der Waals surface area (Å²) < 4.78 is 6.15. The summed E-state index contributed by atoms with van der Waals surface area (Å²) in [4.78, 5) is 0. The van der Waals surface area contributed by atoms with Crippen molar-refractivity contribution in [3.05, 3.63) is 26.7 Å². The van der Waals surface area contributed by atoms with E-state index < -0.39 is 0 Å². The predicted octanol–water partition coefficient (Wildman–Crippen LogP) is 3.98. The largest absolute Gasteiger partial charge is 0.496 e. The average molecular weight is 264 g/mol. The second-order valence-electron chi connectivity index (χ2n) is 2.83. The van der Waals surface area contributed by atoms with Crippen molar-refractivity contribution in [3.8, 4) is 5.75 Å². The van der Waals surface area contributed by atoms with Gasteiger partial charge in [0.15, 0.2) is 0 Å². The highest BCUT2D eigenvalue weighted by Crippen LogP contribution is 2.35. The molecule has 3 heteroatoms. The summed E-state index contributed by atoms with van der Waals surface area (Å²) >= 11 is 9.48. The van der Waals surface area contributed by atoms with Crippen LogP contribution in [-0.2, 0) is 6.42 Å². The Hall–Kier alpha value is -0.210. The van der Waals surface area contributed by atoms with Crippen molar-refractivity contribution in [1.82, 2.24) is 0 Å². The molecule has 0 aromatic heterocycles. The normalized spacial score (nSPS) is 10.2. The molecule has 0 bridgehead atoms. The van der Waals surface area contributed by atoms with Crippen LogP contribution in [0.4, 0.5) is 0 Å². The van der Waals surface area contributed by atoms with Crippen molar-refractivity contribution in [1.29, 1.82) is 0 Å². The number of halogens is 2. The minimum absolute atomic E-state index is 0.776. The van der Waals surface area contributed by atoms with Gasteiger partial charge in [-0.05, 0) is 46.5 Å². The van der Waals surface area contributed by atoms with E-state index in [9.17, 15) is 0 Å². The van der Waals surface area contributed by atoms with Crippen LogP contribution in [0.3, 0.4) is 0 Å². The maximum atomic E-state index is 6.09. The number of methoxy groups -OCH3 is 1. The van der Waals surface area contributed by atoms with E-state index in [4.69, 9.17) is 16.3 Å². The van der Waals surface area contributed by atoms with Crippen molar-refractivity contribution in [2.45, 2.75) is 20.3 Å². The summed E-state index contributed by atoms with van der Waals surface area (Å²) in [5.41, 5.74) is 2.27. The number of hydrogen-bond acceptors (Lipinski definition) is 1. The van der Waals surface area contributed by atoms with Crippen LogP contribution in [0, 0.1) is 6.92 Å². The summed E-state index contributed by atoms with van der Waals surface area (Å²) in [5, 5.41) is 0.776. The first-order valence-corrected chi connectivity index (χ1v) is 5.30. The lowest BCUT2D eigenvalue weighted by Gasteiger charge is -2.12. The highest BCUT2D eigenvalue weighted by Gasteiger charge is 2.11. The predicted molar refractivity (Wildman–Crippen MR) is 59.8 cm³/mol. The molecule has 0 unspecified atom stereocenters. The monoisotopic (exact) mass is 262 g/mol. The molecule has 1 aromatic carbocycles. The lowest BCUT2D eigenvalue weighted by atomic mass is 10.1. The van der Waals surface area contributed by atoms with E-state index in [0.29, 0.717) is 0 Å². The van der Waals surface area contributed by atoms with Crippen LogP contribution in [0.25, 0.3) is 0 Å². The second-order valence-corrected chi connectivity index (χ2v) is 4.06. The molecule has 0 aliphatic heterocycles. The van der Waals surface area contributed by atoms with Crippen LogP contribution in [0.5, 0.6) is 5.75 Å². The van der Waals surface area contributed by atoms with Crippen molar-refractivity contribution >= 4 is 27.5 Å². The Balaban J connectivity index is 3.39. The van der Waals surface area contributed by atoms with Gasteiger partial charge in [0, 0.05) is 4.47 Å². The van der Waals surface area contributed by atoms with Crippen LogP contribution in [0.2, 0.25) is 5.02 Å². The molecule has 0 heterocycles. The Morgan fingerprint density at radius 2 is 2.15 bits per heavy atom. The first-order chi connectivity index (χ1) is 6.11. The van der Waals surface area contributed by atoms with Gasteiger partial charge in [0.2, 0.25) is 0 Å². The molecular formula is C10H12BrClO. The fraction of sp³-hybridized carbons (Fsp3) is 0.400. The average Bonchev–Trinajstić information content (AvgIpc) is 2.13. The van der Waals surface area contributed by atoms with E-state index in [0.717, 1.165) is 27.2 Å². The minimum Gasteiger partial charge on any atom is -0.496 e. The summed E-state index contributed by atoms with van der Waals surface area (Å²) in [6.07, 6.45) is 0.933. The molecule has 0 amide bonds. The van der Waals surface area contributed by atoms with Gasteiger partial charge in [-0.15, -0.1) is 0 Å². The molecule has 0 spiro atoms. The number of hydrogen-bond donors (Lipinski definition) is 0. The first-order valence-electron chi connectivity index (χ1n) is 4.13. The third kappa shape index (κ3) is 2.00. The van der Waals surface area contributed by atoms with E-state index in [1.807, 2.05) is 13.0 Å². The van der Waals surface area contributed by atoms with E-state index in [1.54, 1.807) is 7.11 Å². The zero-order chi connectivity index (χ0) is 10.0. The van der Waals surface area contributed by atoms with E-state index in [-0.39, 0.29) is 0 Å². The van der Waals surface area contributed by atoms with Gasteiger partial charge in [-0.2, -0.15) is 0 Å². The van der Waals surface area contributed by atoms with E-state index >= 15 is 0 Å². The van der Waals surface area contributed by atoms with Crippen LogP contribution < -0.4 is 4.74 Å². The second kappa shape index (κ2) is 4.34. The van der Waals surface area contributed by atoms with Crippen molar-refractivity contribution < 1.29 is 4.74 Å². The summed E-state index contributed by atoms with van der Waals surface area (Å²) in [5.74, 6) is 0.899. The molecule has 72 valence electrons. The lowest BCUT2D eigenvalue weighted by Crippen LogP contribution is -1.95. The van der Waals surface area contributed by atoms with E-state index in [2.05, 4.69) is 22.9 Å². The first kappa shape index (κ1) is 10.9. The Morgan fingerprint density at radius 3 is 2.62 bits per heavy atom. The summed E-state index contributed by atoms with van der Waals surface area (Å²) in [6.45, 7) is 4.10. The maximum absolute atomic E-state index is 6.09. The van der Waals surface area contributed by atoms with Crippen LogP contribution in [-0.4, -0.2) is 7.11 Å². The number of rotatable bonds is 2. The van der Waals surface area contributed by atoms with Gasteiger partial charge in [0.25, 0.3) is 0 Å². The van der Waals surface area contributed by atoms with Crippen molar-refractivity contribution in [3.63, 3.8) is 0 Å². The van der Waals surface area contributed by atoms with Crippen LogP contribution in [0.15, 0.2) is 10.5 Å². The minimum atomic E-state index is 0.776. The lowest BCUT2D eigenvalue weighted by molar-refractivity contribution is 0.409. The molecule has 1 aromatic rings. The van der Waals surface area contributed by atoms with Crippen LogP contribution in [0.1, 0.15) is 18.1 Å². The molecule has 0 saturated carbocycles. The van der Waals surface area contributed by atoms with Gasteiger partial charge in [0.05, 0.1) is 12.1 Å². The summed E-state index contributed by atoms with van der Waals surface area (Å²) in [7, 11) is 1.67. The number of benzene rings is 1. The topological polar surface area (TPSA) is 9.23 Å². The smallest absolute Gasteiger partial charge is 0.123 e. The third-order valence-corrected chi connectivity index (χ3v) is 3.46. The van der Waals surface area contributed by atoms with Gasteiger partial charge in [0.1, 0.15) is 5.75 Å². The zero-order valence-corrected chi connectivity index (χ0v) is 10.3. The van der Waals surface area contributed by atoms with Gasteiger partial charge < -0.3 is 4.74 Å².